The first-order valence-electron chi connectivity index (χ1n) is 7.56. The van der Waals surface area contributed by atoms with Crippen LogP contribution in [0.4, 0.5) is 0 Å². The van der Waals surface area contributed by atoms with E-state index in [9.17, 15) is 14.4 Å². The van der Waals surface area contributed by atoms with Gasteiger partial charge in [-0.2, -0.15) is 0 Å². The summed E-state index contributed by atoms with van der Waals surface area (Å²) in [5.41, 5.74) is 1.13. The van der Waals surface area contributed by atoms with Crippen LogP contribution in [0.1, 0.15) is 58.7 Å². The van der Waals surface area contributed by atoms with Crippen LogP contribution in [-0.2, 0) is 9.47 Å². The number of cyclic esters (lactones) is 1. The quantitative estimate of drug-likeness (QED) is 0.877. The van der Waals surface area contributed by atoms with E-state index in [0.717, 1.165) is 30.9 Å². The van der Waals surface area contributed by atoms with Crippen molar-refractivity contribution < 1.29 is 19.1 Å². The van der Waals surface area contributed by atoms with Crippen molar-refractivity contribution in [3.05, 3.63) is 45.2 Å². The van der Waals surface area contributed by atoms with E-state index in [2.05, 4.69) is 16.6 Å². The van der Waals surface area contributed by atoms with Gasteiger partial charge in [-0.15, -0.1) is 0 Å². The average molecular weight is 315 g/mol. The number of H-pyrrole nitrogens is 1. The van der Waals surface area contributed by atoms with Crippen molar-refractivity contribution >= 4 is 22.8 Å². The van der Waals surface area contributed by atoms with Gasteiger partial charge in [0.1, 0.15) is 11.8 Å². The first kappa shape index (κ1) is 15.3. The number of methoxy groups -OCH3 is 1. The van der Waals surface area contributed by atoms with E-state index in [1.54, 1.807) is 12.1 Å². The van der Waals surface area contributed by atoms with Crippen LogP contribution < -0.4 is 5.43 Å². The molecule has 1 unspecified atom stereocenters. The predicted molar refractivity (Wildman–Crippen MR) is 83.6 cm³/mol. The maximum absolute atomic E-state index is 12.4. The zero-order chi connectivity index (χ0) is 16.6. The molecule has 0 fully saturated rings. The van der Waals surface area contributed by atoms with E-state index in [1.165, 1.54) is 7.11 Å². The molecule has 2 heterocycles. The van der Waals surface area contributed by atoms with Crippen molar-refractivity contribution in [3.8, 4) is 0 Å². The molecule has 0 saturated heterocycles. The molecule has 0 aliphatic carbocycles. The molecule has 0 radical (unpaired) electrons. The van der Waals surface area contributed by atoms with Crippen molar-refractivity contribution in [2.24, 2.45) is 0 Å². The standard InChI is InChI=1S/C17H17NO5/c1-3-4-5-13-9-6-7-10-15(14(9)17(21)23-13)12(19)8-11(18-10)16(20)22-2/h6-8,13H,3-5H2,1-2H3,(H,18,19). The normalized spacial score (nSPS) is 16.3. The van der Waals surface area contributed by atoms with Crippen LogP contribution in [0.2, 0.25) is 0 Å². The van der Waals surface area contributed by atoms with Crippen LogP contribution in [0.5, 0.6) is 0 Å². The number of hydrogen-bond acceptors (Lipinski definition) is 5. The molecule has 6 heteroatoms. The largest absolute Gasteiger partial charge is 0.464 e. The molecule has 1 aromatic carbocycles. The molecule has 23 heavy (non-hydrogen) atoms. The second kappa shape index (κ2) is 5.87. The van der Waals surface area contributed by atoms with E-state index < -0.39 is 17.4 Å². The summed E-state index contributed by atoms with van der Waals surface area (Å²) in [5.74, 6) is -1.11. The van der Waals surface area contributed by atoms with Crippen LogP contribution >= 0.6 is 0 Å². The van der Waals surface area contributed by atoms with Gasteiger partial charge in [0.15, 0.2) is 5.43 Å². The summed E-state index contributed by atoms with van der Waals surface area (Å²) in [6.07, 6.45) is 2.37. The average Bonchev–Trinajstić information content (AvgIpc) is 2.88. The number of nitrogens with one attached hydrogen (secondary N) is 1. The fourth-order valence-electron chi connectivity index (χ4n) is 2.93. The minimum absolute atomic E-state index is 0.0545. The van der Waals surface area contributed by atoms with Crippen LogP contribution in [0.25, 0.3) is 10.9 Å². The Morgan fingerprint density at radius 3 is 2.83 bits per heavy atom. The fraction of sp³-hybridized carbons (Fsp3) is 0.353. The molecule has 0 amide bonds. The van der Waals surface area contributed by atoms with Crippen molar-refractivity contribution in [3.63, 3.8) is 0 Å². The van der Waals surface area contributed by atoms with Gasteiger partial charge in [-0.3, -0.25) is 4.79 Å². The number of hydrogen-bond donors (Lipinski definition) is 1. The number of pyridine rings is 1. The highest BCUT2D eigenvalue weighted by Crippen LogP contribution is 2.36. The molecular weight excluding hydrogens is 298 g/mol. The summed E-state index contributed by atoms with van der Waals surface area (Å²) < 4.78 is 10.0. The first-order chi connectivity index (χ1) is 11.1. The second-order valence-electron chi connectivity index (χ2n) is 5.53. The number of aromatic amines is 1. The Hall–Kier alpha value is -2.63. The number of carbonyl (C=O) groups is 2. The van der Waals surface area contributed by atoms with Gasteiger partial charge in [0.2, 0.25) is 0 Å². The third kappa shape index (κ3) is 2.50. The Bertz CT molecular complexity index is 852. The summed E-state index contributed by atoms with van der Waals surface area (Å²) in [4.78, 5) is 39.1. The number of aromatic nitrogens is 1. The van der Waals surface area contributed by atoms with Crippen LogP contribution in [0.15, 0.2) is 23.0 Å². The van der Waals surface area contributed by atoms with Crippen LogP contribution in [-0.4, -0.2) is 24.0 Å². The Morgan fingerprint density at radius 2 is 2.13 bits per heavy atom. The van der Waals surface area contributed by atoms with Crippen molar-refractivity contribution in [1.82, 2.24) is 4.98 Å². The molecule has 0 bridgehead atoms. The number of fused-ring (bicyclic) bond motifs is 3. The van der Waals surface area contributed by atoms with Gasteiger partial charge in [0.25, 0.3) is 0 Å². The van der Waals surface area contributed by atoms with E-state index >= 15 is 0 Å². The number of esters is 2. The fourth-order valence-corrected chi connectivity index (χ4v) is 2.93. The molecule has 0 saturated carbocycles. The van der Waals surface area contributed by atoms with Gasteiger partial charge in [0.05, 0.1) is 23.6 Å². The van der Waals surface area contributed by atoms with Crippen LogP contribution in [0.3, 0.4) is 0 Å². The molecule has 2 aromatic rings. The first-order valence-corrected chi connectivity index (χ1v) is 7.56. The zero-order valence-electron chi connectivity index (χ0n) is 13.0. The summed E-state index contributed by atoms with van der Waals surface area (Å²) in [5, 5.41) is 0.263. The molecule has 1 aliphatic rings. The van der Waals surface area contributed by atoms with Gasteiger partial charge < -0.3 is 14.5 Å². The van der Waals surface area contributed by atoms with Crippen molar-refractivity contribution in [2.45, 2.75) is 32.3 Å². The third-order valence-corrected chi connectivity index (χ3v) is 4.05. The van der Waals surface area contributed by atoms with E-state index in [4.69, 9.17) is 4.74 Å². The highest BCUT2D eigenvalue weighted by atomic mass is 16.5. The Morgan fingerprint density at radius 1 is 1.35 bits per heavy atom. The summed E-state index contributed by atoms with van der Waals surface area (Å²) in [7, 11) is 1.24. The number of benzene rings is 1. The van der Waals surface area contributed by atoms with E-state index in [-0.39, 0.29) is 17.2 Å². The number of unbranched alkanes of at least 4 members (excludes halogenated alkanes) is 1. The molecule has 1 aromatic heterocycles. The molecule has 0 spiro atoms. The molecule has 1 N–H and O–H groups in total. The van der Waals surface area contributed by atoms with Gasteiger partial charge in [-0.25, -0.2) is 9.59 Å². The maximum atomic E-state index is 12.4. The minimum atomic E-state index is -0.632. The SMILES string of the molecule is CCCCC1OC(=O)c2c1ccc1[nH]c(C(=O)OC)cc(=O)c21. The Balaban J connectivity index is 2.17. The smallest absolute Gasteiger partial charge is 0.354 e. The molecule has 6 nitrogen and oxygen atoms in total. The maximum Gasteiger partial charge on any atom is 0.354 e. The molecule has 3 rings (SSSR count). The lowest BCUT2D eigenvalue weighted by molar-refractivity contribution is 0.0365. The number of rotatable bonds is 4. The summed E-state index contributed by atoms with van der Waals surface area (Å²) >= 11 is 0. The summed E-state index contributed by atoms with van der Waals surface area (Å²) in [6, 6.07) is 4.63. The van der Waals surface area contributed by atoms with E-state index in [0.29, 0.717) is 11.1 Å². The summed E-state index contributed by atoms with van der Waals surface area (Å²) in [6.45, 7) is 2.07. The van der Waals surface area contributed by atoms with Gasteiger partial charge in [-0.05, 0) is 18.9 Å². The van der Waals surface area contributed by atoms with Crippen molar-refractivity contribution in [2.75, 3.05) is 7.11 Å². The topological polar surface area (TPSA) is 85.5 Å². The van der Waals surface area contributed by atoms with Crippen molar-refractivity contribution in [1.29, 1.82) is 0 Å². The second-order valence-corrected chi connectivity index (χ2v) is 5.53. The molecule has 1 aliphatic heterocycles. The molecular formula is C17H17NO5. The highest BCUT2D eigenvalue weighted by molar-refractivity contribution is 6.07. The predicted octanol–water partition coefficient (Wildman–Crippen LogP) is 2.72. The van der Waals surface area contributed by atoms with Crippen LogP contribution in [0, 0.1) is 0 Å². The minimum Gasteiger partial charge on any atom is -0.464 e. The van der Waals surface area contributed by atoms with Gasteiger partial charge >= 0.3 is 11.9 Å². The zero-order valence-corrected chi connectivity index (χ0v) is 13.0. The Labute approximate surface area is 132 Å². The molecule has 1 atom stereocenters. The van der Waals surface area contributed by atoms with Gasteiger partial charge in [-0.1, -0.05) is 19.4 Å². The molecule has 120 valence electrons. The number of ether oxygens (including phenoxy) is 2. The lowest BCUT2D eigenvalue weighted by atomic mass is 9.97. The lowest BCUT2D eigenvalue weighted by Crippen LogP contribution is -2.13. The highest BCUT2D eigenvalue weighted by Gasteiger charge is 2.33. The lowest BCUT2D eigenvalue weighted by Gasteiger charge is -2.10. The monoisotopic (exact) mass is 315 g/mol. The van der Waals surface area contributed by atoms with Gasteiger partial charge in [0, 0.05) is 11.6 Å². The third-order valence-electron chi connectivity index (χ3n) is 4.05. The Kier molecular flexibility index (Phi) is 3.90. The van der Waals surface area contributed by atoms with E-state index in [1.807, 2.05) is 0 Å². The number of carbonyl (C=O) groups excluding carboxylic acids is 2.